The number of carboxylic acids is 1. The first-order valence-corrected chi connectivity index (χ1v) is 7.54. The third-order valence-corrected chi connectivity index (χ3v) is 4.65. The first-order chi connectivity index (χ1) is 9.38. The van der Waals surface area contributed by atoms with Gasteiger partial charge in [-0.2, -0.15) is 0 Å². The van der Waals surface area contributed by atoms with Gasteiger partial charge in [-0.05, 0) is 5.92 Å². The summed E-state index contributed by atoms with van der Waals surface area (Å²) < 4.78 is 0. The van der Waals surface area contributed by atoms with Crippen molar-refractivity contribution in [2.75, 3.05) is 19.3 Å². The quantitative estimate of drug-likeness (QED) is 0.679. The Labute approximate surface area is 122 Å². The fraction of sp³-hybridized carbons (Fsp3) is 0.750. The Morgan fingerprint density at radius 2 is 2.05 bits per heavy atom. The maximum atomic E-state index is 12.2. The van der Waals surface area contributed by atoms with E-state index in [1.165, 1.54) is 23.7 Å². The minimum absolute atomic E-state index is 0.156. The molecule has 2 unspecified atom stereocenters. The van der Waals surface area contributed by atoms with Gasteiger partial charge in [0.2, 0.25) is 5.91 Å². The van der Waals surface area contributed by atoms with Crippen molar-refractivity contribution in [2.24, 2.45) is 5.92 Å². The monoisotopic (exact) mass is 303 g/mol. The maximum Gasteiger partial charge on any atom is 0.327 e. The molecule has 1 heterocycles. The van der Waals surface area contributed by atoms with Crippen LogP contribution in [-0.2, 0) is 9.59 Å². The Kier molecular flexibility index (Phi) is 6.12. The third kappa shape index (κ3) is 4.03. The summed E-state index contributed by atoms with van der Waals surface area (Å²) in [7, 11) is 1.52. The van der Waals surface area contributed by atoms with E-state index in [9.17, 15) is 19.5 Å². The van der Waals surface area contributed by atoms with Gasteiger partial charge >= 0.3 is 12.0 Å². The average molecular weight is 303 g/mol. The zero-order valence-corrected chi connectivity index (χ0v) is 12.7. The van der Waals surface area contributed by atoms with Crippen molar-refractivity contribution in [3.63, 3.8) is 0 Å². The van der Waals surface area contributed by atoms with Gasteiger partial charge in [0.05, 0.1) is 5.37 Å². The van der Waals surface area contributed by atoms with E-state index in [1.54, 1.807) is 0 Å². The lowest BCUT2D eigenvalue weighted by Gasteiger charge is -2.29. The summed E-state index contributed by atoms with van der Waals surface area (Å²) in [5, 5.41) is 14.1. The molecule has 1 fully saturated rings. The molecule has 0 aromatic heterocycles. The lowest BCUT2D eigenvalue weighted by Crippen LogP contribution is -2.51. The second kappa shape index (κ2) is 7.37. The molecular weight excluding hydrogens is 282 g/mol. The van der Waals surface area contributed by atoms with Crippen molar-refractivity contribution < 1.29 is 19.5 Å². The molecule has 114 valence electrons. The number of carbonyl (C=O) groups excluding carboxylic acids is 2. The van der Waals surface area contributed by atoms with Crippen molar-refractivity contribution >= 4 is 29.7 Å². The molecule has 0 aromatic carbocycles. The van der Waals surface area contributed by atoms with E-state index in [1.807, 2.05) is 13.8 Å². The highest BCUT2D eigenvalue weighted by atomic mass is 32.2. The molecule has 1 saturated heterocycles. The van der Waals surface area contributed by atoms with Crippen LogP contribution in [0.25, 0.3) is 0 Å². The van der Waals surface area contributed by atoms with Crippen LogP contribution in [0.5, 0.6) is 0 Å². The van der Waals surface area contributed by atoms with E-state index in [0.29, 0.717) is 5.75 Å². The number of rotatable bonds is 5. The standard InChI is InChI=1S/C12H21N3O4S/c1-7(2)10-15(8(6-20-10)11(17)18)12(19)14-5-4-9(16)13-3/h7-8,10H,4-6H2,1-3H3,(H,13,16)(H,14,19)(H,17,18). The molecule has 8 heteroatoms. The SMILES string of the molecule is CNC(=O)CCNC(=O)N1C(C(=O)O)CSC1C(C)C. The molecule has 7 nitrogen and oxygen atoms in total. The van der Waals surface area contributed by atoms with Crippen LogP contribution < -0.4 is 10.6 Å². The van der Waals surface area contributed by atoms with E-state index in [4.69, 9.17) is 0 Å². The molecule has 0 bridgehead atoms. The maximum absolute atomic E-state index is 12.2. The molecule has 0 aliphatic carbocycles. The summed E-state index contributed by atoms with van der Waals surface area (Å²) in [4.78, 5) is 35.8. The number of carbonyl (C=O) groups is 3. The summed E-state index contributed by atoms with van der Waals surface area (Å²) in [6, 6.07) is -1.24. The molecule has 0 radical (unpaired) electrons. The number of amides is 3. The molecule has 1 aliphatic rings. The van der Waals surface area contributed by atoms with Gasteiger partial charge in [0.15, 0.2) is 0 Å². The fourth-order valence-electron chi connectivity index (χ4n) is 1.99. The van der Waals surface area contributed by atoms with E-state index in [-0.39, 0.29) is 30.2 Å². The highest BCUT2D eigenvalue weighted by Gasteiger charge is 2.42. The van der Waals surface area contributed by atoms with Gasteiger partial charge in [-0.25, -0.2) is 9.59 Å². The lowest BCUT2D eigenvalue weighted by atomic mass is 10.2. The van der Waals surface area contributed by atoms with E-state index in [0.717, 1.165) is 0 Å². The first kappa shape index (κ1) is 16.6. The second-order valence-corrected chi connectivity index (χ2v) is 6.03. The van der Waals surface area contributed by atoms with Crippen LogP contribution in [0.4, 0.5) is 4.79 Å². The molecule has 1 aliphatic heterocycles. The Balaban J connectivity index is 2.64. The number of nitrogens with zero attached hydrogens (tertiary/aromatic N) is 1. The predicted molar refractivity (Wildman–Crippen MR) is 76.4 cm³/mol. The number of thioether (sulfide) groups is 1. The van der Waals surface area contributed by atoms with Gasteiger partial charge in [0, 0.05) is 25.8 Å². The average Bonchev–Trinajstić information content (AvgIpc) is 2.83. The highest BCUT2D eigenvalue weighted by molar-refractivity contribution is 8.00. The molecular formula is C12H21N3O4S. The lowest BCUT2D eigenvalue weighted by molar-refractivity contribution is -0.141. The van der Waals surface area contributed by atoms with Crippen molar-refractivity contribution in [1.82, 2.24) is 15.5 Å². The molecule has 0 saturated carbocycles. The summed E-state index contributed by atoms with van der Waals surface area (Å²) in [6.45, 7) is 4.09. The molecule has 20 heavy (non-hydrogen) atoms. The summed E-state index contributed by atoms with van der Waals surface area (Å²) >= 11 is 1.47. The van der Waals surface area contributed by atoms with Crippen molar-refractivity contribution in [3.8, 4) is 0 Å². The Hall–Kier alpha value is -1.44. The van der Waals surface area contributed by atoms with Crippen LogP contribution in [0.15, 0.2) is 0 Å². The zero-order valence-electron chi connectivity index (χ0n) is 11.9. The van der Waals surface area contributed by atoms with E-state index < -0.39 is 18.0 Å². The van der Waals surface area contributed by atoms with Crippen molar-refractivity contribution in [2.45, 2.75) is 31.7 Å². The second-order valence-electron chi connectivity index (χ2n) is 4.88. The van der Waals surface area contributed by atoms with Crippen LogP contribution in [-0.4, -0.2) is 58.7 Å². The zero-order chi connectivity index (χ0) is 15.3. The van der Waals surface area contributed by atoms with Crippen LogP contribution >= 0.6 is 11.8 Å². The number of nitrogens with one attached hydrogen (secondary N) is 2. The minimum Gasteiger partial charge on any atom is -0.480 e. The number of aliphatic carboxylic acids is 1. The van der Waals surface area contributed by atoms with Gasteiger partial charge in [-0.15, -0.1) is 11.8 Å². The Bertz CT molecular complexity index is 389. The van der Waals surface area contributed by atoms with Crippen molar-refractivity contribution in [1.29, 1.82) is 0 Å². The predicted octanol–water partition coefficient (Wildman–Crippen LogP) is 0.316. The highest BCUT2D eigenvalue weighted by Crippen LogP contribution is 2.33. The number of hydrogen-bond acceptors (Lipinski definition) is 4. The third-order valence-electron chi connectivity index (χ3n) is 3.03. The largest absolute Gasteiger partial charge is 0.480 e. The topological polar surface area (TPSA) is 98.7 Å². The van der Waals surface area contributed by atoms with E-state index in [2.05, 4.69) is 10.6 Å². The number of carboxylic acid groups (broad SMARTS) is 1. The van der Waals surface area contributed by atoms with Gasteiger partial charge < -0.3 is 15.7 Å². The summed E-state index contributed by atoms with van der Waals surface area (Å²) in [5.41, 5.74) is 0. The molecule has 3 amide bonds. The van der Waals surface area contributed by atoms with Crippen LogP contribution in [0.3, 0.4) is 0 Å². The molecule has 0 aromatic rings. The van der Waals surface area contributed by atoms with Gasteiger partial charge in [-0.3, -0.25) is 9.69 Å². The smallest absolute Gasteiger partial charge is 0.327 e. The van der Waals surface area contributed by atoms with E-state index >= 15 is 0 Å². The van der Waals surface area contributed by atoms with Crippen molar-refractivity contribution in [3.05, 3.63) is 0 Å². The fourth-order valence-corrected chi connectivity index (χ4v) is 3.46. The normalized spacial score (nSPS) is 21.9. The minimum atomic E-state index is -0.998. The summed E-state index contributed by atoms with van der Waals surface area (Å²) in [5.74, 6) is -0.617. The van der Waals surface area contributed by atoms with Crippen LogP contribution in [0, 0.1) is 5.92 Å². The van der Waals surface area contributed by atoms with Crippen LogP contribution in [0.2, 0.25) is 0 Å². The van der Waals surface area contributed by atoms with Crippen LogP contribution in [0.1, 0.15) is 20.3 Å². The molecule has 1 rings (SSSR count). The Morgan fingerprint density at radius 1 is 1.40 bits per heavy atom. The molecule has 0 spiro atoms. The summed E-state index contributed by atoms with van der Waals surface area (Å²) in [6.07, 6.45) is 0.174. The number of urea groups is 1. The molecule has 3 N–H and O–H groups in total. The Morgan fingerprint density at radius 3 is 2.55 bits per heavy atom. The van der Waals surface area contributed by atoms with Gasteiger partial charge in [0.1, 0.15) is 6.04 Å². The van der Waals surface area contributed by atoms with Gasteiger partial charge in [0.25, 0.3) is 0 Å². The first-order valence-electron chi connectivity index (χ1n) is 6.49. The number of hydrogen-bond donors (Lipinski definition) is 3. The van der Waals surface area contributed by atoms with Gasteiger partial charge in [-0.1, -0.05) is 13.8 Å². The molecule has 2 atom stereocenters.